The molecule has 2 aromatic rings. The van der Waals surface area contributed by atoms with Gasteiger partial charge >= 0.3 is 0 Å². The molecule has 0 spiro atoms. The number of hydrogen-bond donors (Lipinski definition) is 2. The van der Waals surface area contributed by atoms with E-state index in [1.807, 2.05) is 36.7 Å². The summed E-state index contributed by atoms with van der Waals surface area (Å²) in [5, 5.41) is 17.2. The van der Waals surface area contributed by atoms with E-state index in [0.717, 1.165) is 35.0 Å². The quantitative estimate of drug-likeness (QED) is 0.756. The van der Waals surface area contributed by atoms with E-state index >= 15 is 0 Å². The van der Waals surface area contributed by atoms with Crippen molar-refractivity contribution in [2.45, 2.75) is 37.0 Å². The number of aliphatic carboxylic acids is 1. The number of rotatable bonds is 5. The number of carboxylic acid groups (broad SMARTS) is 1. The summed E-state index contributed by atoms with van der Waals surface area (Å²) in [6.07, 6.45) is 0.865. The number of aromatic nitrogens is 5. The molecule has 9 nitrogen and oxygen atoms in total. The van der Waals surface area contributed by atoms with Crippen molar-refractivity contribution < 1.29 is 9.90 Å². The molecule has 0 saturated heterocycles. The molecule has 2 rings (SSSR count). The van der Waals surface area contributed by atoms with Crippen LogP contribution in [-0.4, -0.2) is 49.9 Å². The molecule has 0 atom stereocenters. The van der Waals surface area contributed by atoms with E-state index < -0.39 is 5.97 Å². The topological polar surface area (TPSA) is 123 Å². The Morgan fingerprint density at radius 2 is 2.00 bits per heavy atom. The van der Waals surface area contributed by atoms with Gasteiger partial charge in [-0.25, -0.2) is 9.97 Å². The highest BCUT2D eigenvalue weighted by molar-refractivity contribution is 7.99. The SMILES string of the molecule is CC(=O)O.CCc1cc(Sc2nnc(CN)n2C)nc(N(C)C)n1. The van der Waals surface area contributed by atoms with Gasteiger partial charge in [-0.15, -0.1) is 10.2 Å². The van der Waals surface area contributed by atoms with Crippen LogP contribution in [0.1, 0.15) is 25.4 Å². The van der Waals surface area contributed by atoms with Gasteiger partial charge in [0, 0.05) is 33.8 Å². The van der Waals surface area contributed by atoms with Crippen molar-refractivity contribution in [3.63, 3.8) is 0 Å². The van der Waals surface area contributed by atoms with Crippen LogP contribution in [0.15, 0.2) is 16.2 Å². The summed E-state index contributed by atoms with van der Waals surface area (Å²) in [5.41, 5.74) is 6.61. The van der Waals surface area contributed by atoms with Gasteiger partial charge in [-0.2, -0.15) is 0 Å². The first-order chi connectivity index (χ1) is 11.3. The van der Waals surface area contributed by atoms with Crippen LogP contribution in [0.5, 0.6) is 0 Å². The molecule has 0 aliphatic heterocycles. The summed E-state index contributed by atoms with van der Waals surface area (Å²) in [7, 11) is 5.76. The van der Waals surface area contributed by atoms with Crippen molar-refractivity contribution in [1.29, 1.82) is 0 Å². The number of carboxylic acids is 1. The van der Waals surface area contributed by atoms with Gasteiger partial charge < -0.3 is 20.3 Å². The van der Waals surface area contributed by atoms with Crippen LogP contribution < -0.4 is 10.6 Å². The van der Waals surface area contributed by atoms with Gasteiger partial charge in [0.15, 0.2) is 5.16 Å². The van der Waals surface area contributed by atoms with E-state index in [9.17, 15) is 0 Å². The van der Waals surface area contributed by atoms with Gasteiger partial charge in [0.25, 0.3) is 5.97 Å². The molecule has 3 N–H and O–H groups in total. The number of anilines is 1. The van der Waals surface area contributed by atoms with E-state index in [-0.39, 0.29) is 0 Å². The first-order valence-electron chi connectivity index (χ1n) is 7.29. The summed E-state index contributed by atoms with van der Waals surface area (Å²) < 4.78 is 1.88. The molecule has 2 aromatic heterocycles. The normalized spacial score (nSPS) is 10.1. The minimum Gasteiger partial charge on any atom is -0.481 e. The lowest BCUT2D eigenvalue weighted by Gasteiger charge is -2.12. The molecule has 0 fully saturated rings. The number of nitrogens with zero attached hydrogens (tertiary/aromatic N) is 6. The van der Waals surface area contributed by atoms with Crippen LogP contribution in [0.25, 0.3) is 0 Å². The Morgan fingerprint density at radius 1 is 1.38 bits per heavy atom. The third-order valence-corrected chi connectivity index (χ3v) is 3.77. The fourth-order valence-corrected chi connectivity index (χ4v) is 2.43. The predicted molar refractivity (Wildman–Crippen MR) is 92.1 cm³/mol. The Bertz CT molecular complexity index is 684. The average Bonchev–Trinajstić information content (AvgIpc) is 2.86. The molecule has 0 aliphatic carbocycles. The van der Waals surface area contributed by atoms with Crippen LogP contribution >= 0.6 is 11.8 Å². The first kappa shape index (κ1) is 19.8. The largest absolute Gasteiger partial charge is 0.481 e. The fraction of sp³-hybridized carbons (Fsp3) is 0.500. The van der Waals surface area contributed by atoms with Crippen molar-refractivity contribution in [1.82, 2.24) is 24.7 Å². The average molecular weight is 353 g/mol. The van der Waals surface area contributed by atoms with Crippen LogP contribution in [0.2, 0.25) is 0 Å². The molecule has 10 heteroatoms. The molecule has 0 amide bonds. The van der Waals surface area contributed by atoms with Gasteiger partial charge in [0.1, 0.15) is 10.9 Å². The summed E-state index contributed by atoms with van der Waals surface area (Å²) in [6, 6.07) is 1.98. The number of carbonyl (C=O) groups is 1. The molecule has 0 aliphatic rings. The third-order valence-electron chi connectivity index (χ3n) is 2.81. The Kier molecular flexibility index (Phi) is 7.59. The van der Waals surface area contributed by atoms with Gasteiger partial charge in [-0.3, -0.25) is 4.79 Å². The van der Waals surface area contributed by atoms with E-state index in [1.165, 1.54) is 11.8 Å². The maximum Gasteiger partial charge on any atom is 0.300 e. The Hall–Kier alpha value is -2.20. The highest BCUT2D eigenvalue weighted by Crippen LogP contribution is 2.26. The zero-order valence-electron chi connectivity index (χ0n) is 14.5. The van der Waals surface area contributed by atoms with Gasteiger partial charge in [0.05, 0.1) is 6.54 Å². The maximum atomic E-state index is 9.00. The second-order valence-corrected chi connectivity index (χ2v) is 6.02. The Balaban J connectivity index is 0.000000648. The van der Waals surface area contributed by atoms with Crippen LogP contribution in [-0.2, 0) is 24.8 Å². The minimum atomic E-state index is -0.833. The summed E-state index contributed by atoms with van der Waals surface area (Å²) in [6.45, 7) is 3.53. The van der Waals surface area contributed by atoms with Gasteiger partial charge in [-0.05, 0) is 24.2 Å². The lowest BCUT2D eigenvalue weighted by Crippen LogP contribution is -2.14. The molecule has 0 radical (unpaired) electrons. The van der Waals surface area contributed by atoms with Crippen molar-refractivity contribution in [2.24, 2.45) is 12.8 Å². The highest BCUT2D eigenvalue weighted by Gasteiger charge is 2.12. The van der Waals surface area contributed by atoms with Crippen molar-refractivity contribution in [3.05, 3.63) is 17.6 Å². The standard InChI is InChI=1S/C12H19N7S.C2H4O2/c1-5-8-6-10(15-11(14-8)18(2)3)20-12-17-16-9(7-13)19(12)4;1-2(3)4/h6H,5,7,13H2,1-4H3;1H3,(H,3,4). The van der Waals surface area contributed by atoms with Crippen molar-refractivity contribution in [2.75, 3.05) is 19.0 Å². The van der Waals surface area contributed by atoms with Crippen LogP contribution in [0.4, 0.5) is 5.95 Å². The second-order valence-electron chi connectivity index (χ2n) is 5.03. The monoisotopic (exact) mass is 353 g/mol. The van der Waals surface area contributed by atoms with Crippen molar-refractivity contribution in [3.8, 4) is 0 Å². The van der Waals surface area contributed by atoms with Gasteiger partial charge in [0.2, 0.25) is 5.95 Å². The maximum absolute atomic E-state index is 9.00. The molecule has 0 saturated carbocycles. The summed E-state index contributed by atoms with van der Waals surface area (Å²) in [4.78, 5) is 19.9. The first-order valence-corrected chi connectivity index (χ1v) is 8.11. The summed E-state index contributed by atoms with van der Waals surface area (Å²) >= 11 is 1.47. The van der Waals surface area contributed by atoms with Crippen molar-refractivity contribution >= 4 is 23.7 Å². The van der Waals surface area contributed by atoms with E-state index in [0.29, 0.717) is 12.5 Å². The van der Waals surface area contributed by atoms with Crippen LogP contribution in [0.3, 0.4) is 0 Å². The third kappa shape index (κ3) is 5.78. The fourth-order valence-electron chi connectivity index (χ4n) is 1.60. The molecular weight excluding hydrogens is 330 g/mol. The predicted octanol–water partition coefficient (Wildman–Crippen LogP) is 0.934. The molecule has 2 heterocycles. The smallest absolute Gasteiger partial charge is 0.300 e. The second kappa shape index (κ2) is 9.18. The highest BCUT2D eigenvalue weighted by atomic mass is 32.2. The van der Waals surface area contributed by atoms with E-state index in [1.54, 1.807) is 0 Å². The van der Waals surface area contributed by atoms with Gasteiger partial charge in [-0.1, -0.05) is 6.92 Å². The van der Waals surface area contributed by atoms with Crippen LogP contribution in [0, 0.1) is 0 Å². The van der Waals surface area contributed by atoms with E-state index in [2.05, 4.69) is 27.1 Å². The lowest BCUT2D eigenvalue weighted by molar-refractivity contribution is -0.134. The molecule has 24 heavy (non-hydrogen) atoms. The zero-order chi connectivity index (χ0) is 18.3. The molecule has 0 unspecified atom stereocenters. The molecule has 0 bridgehead atoms. The summed E-state index contributed by atoms with van der Waals surface area (Å²) in [5.74, 6) is 0.623. The zero-order valence-corrected chi connectivity index (χ0v) is 15.3. The molecule has 0 aromatic carbocycles. The Labute approximate surface area is 145 Å². The molecular formula is C14H23N7O2S. The van der Waals surface area contributed by atoms with E-state index in [4.69, 9.17) is 15.6 Å². The molecule has 132 valence electrons. The lowest BCUT2D eigenvalue weighted by atomic mass is 10.3. The Morgan fingerprint density at radius 3 is 2.46 bits per heavy atom. The number of nitrogens with two attached hydrogens (primary N) is 1. The number of aryl methyl sites for hydroxylation is 1. The number of hydrogen-bond acceptors (Lipinski definition) is 8. The minimum absolute atomic E-state index is 0.372.